The van der Waals surface area contributed by atoms with Crippen LogP contribution in [0.1, 0.15) is 28.9 Å². The fourth-order valence-electron chi connectivity index (χ4n) is 3.44. The molecular formula is C18H24N2O. The van der Waals surface area contributed by atoms with Crippen LogP contribution in [0.25, 0.3) is 0 Å². The highest BCUT2D eigenvalue weighted by molar-refractivity contribution is 5.32. The van der Waals surface area contributed by atoms with Gasteiger partial charge in [0, 0.05) is 24.2 Å². The van der Waals surface area contributed by atoms with Gasteiger partial charge in [-0.15, -0.1) is 0 Å². The van der Waals surface area contributed by atoms with Gasteiger partial charge in [0.2, 0.25) is 0 Å². The Morgan fingerprint density at radius 2 is 2.00 bits per heavy atom. The minimum atomic E-state index is 0.0536. The molecule has 1 atom stereocenters. The van der Waals surface area contributed by atoms with Crippen molar-refractivity contribution in [2.75, 3.05) is 13.6 Å². The van der Waals surface area contributed by atoms with E-state index in [9.17, 15) is 0 Å². The maximum absolute atomic E-state index is 6.20. The van der Waals surface area contributed by atoms with Crippen LogP contribution in [0, 0.1) is 6.92 Å². The Kier molecular flexibility index (Phi) is 3.87. The Morgan fingerprint density at radius 1 is 1.24 bits per heavy atom. The van der Waals surface area contributed by atoms with Crippen LogP contribution >= 0.6 is 0 Å². The summed E-state index contributed by atoms with van der Waals surface area (Å²) in [6.07, 6.45) is 5.03. The zero-order valence-electron chi connectivity index (χ0n) is 12.9. The van der Waals surface area contributed by atoms with Crippen molar-refractivity contribution in [2.45, 2.75) is 38.3 Å². The van der Waals surface area contributed by atoms with Crippen molar-refractivity contribution in [3.8, 4) is 0 Å². The molecule has 1 aromatic heterocycles. The number of fused-ring (bicyclic) bond motifs is 1. The quantitative estimate of drug-likeness (QED) is 0.938. The van der Waals surface area contributed by atoms with E-state index in [-0.39, 0.29) is 5.54 Å². The average Bonchev–Trinajstić information content (AvgIpc) is 2.91. The van der Waals surface area contributed by atoms with Crippen molar-refractivity contribution in [3.05, 3.63) is 59.0 Å². The van der Waals surface area contributed by atoms with Crippen LogP contribution in [0.5, 0.6) is 0 Å². The number of nitrogens with two attached hydrogens (primary N) is 1. The molecule has 0 fully saturated rings. The van der Waals surface area contributed by atoms with E-state index in [1.165, 1.54) is 16.7 Å². The largest absolute Gasteiger partial charge is 0.469 e. The SMILES string of the molecule is Cc1occc1CN(C)C1(CN)CCc2ccccc2C1. The first-order chi connectivity index (χ1) is 10.1. The van der Waals surface area contributed by atoms with Crippen molar-refractivity contribution < 1.29 is 4.42 Å². The molecule has 1 aromatic carbocycles. The summed E-state index contributed by atoms with van der Waals surface area (Å²) < 4.78 is 5.42. The number of rotatable bonds is 4. The molecule has 0 radical (unpaired) electrons. The molecule has 3 nitrogen and oxygen atoms in total. The summed E-state index contributed by atoms with van der Waals surface area (Å²) >= 11 is 0. The van der Waals surface area contributed by atoms with E-state index in [0.29, 0.717) is 6.54 Å². The number of likely N-dealkylation sites (N-methyl/N-ethyl adjacent to an activating group) is 1. The van der Waals surface area contributed by atoms with Gasteiger partial charge in [-0.05, 0) is 50.4 Å². The second-order valence-corrected chi connectivity index (χ2v) is 6.23. The van der Waals surface area contributed by atoms with E-state index in [4.69, 9.17) is 10.2 Å². The maximum atomic E-state index is 6.20. The topological polar surface area (TPSA) is 42.4 Å². The summed E-state index contributed by atoms with van der Waals surface area (Å²) in [6.45, 7) is 3.60. The maximum Gasteiger partial charge on any atom is 0.105 e. The Bertz CT molecular complexity index is 619. The van der Waals surface area contributed by atoms with Crippen LogP contribution in [-0.2, 0) is 19.4 Å². The van der Waals surface area contributed by atoms with Gasteiger partial charge in [0.1, 0.15) is 5.76 Å². The van der Waals surface area contributed by atoms with Crippen molar-refractivity contribution >= 4 is 0 Å². The zero-order chi connectivity index (χ0) is 14.9. The predicted molar refractivity (Wildman–Crippen MR) is 85.2 cm³/mol. The van der Waals surface area contributed by atoms with E-state index in [2.05, 4.69) is 42.3 Å². The van der Waals surface area contributed by atoms with Crippen molar-refractivity contribution in [3.63, 3.8) is 0 Å². The lowest BCUT2D eigenvalue weighted by Crippen LogP contribution is -2.55. The minimum absolute atomic E-state index is 0.0536. The Morgan fingerprint density at radius 3 is 2.67 bits per heavy atom. The molecule has 3 heteroatoms. The minimum Gasteiger partial charge on any atom is -0.469 e. The smallest absolute Gasteiger partial charge is 0.105 e. The predicted octanol–water partition coefficient (Wildman–Crippen LogP) is 2.91. The van der Waals surface area contributed by atoms with Crippen LogP contribution in [0.3, 0.4) is 0 Å². The molecular weight excluding hydrogens is 260 g/mol. The lowest BCUT2D eigenvalue weighted by molar-refractivity contribution is 0.101. The molecule has 0 bridgehead atoms. The third-order valence-electron chi connectivity index (χ3n) is 5.06. The molecule has 112 valence electrons. The first-order valence-electron chi connectivity index (χ1n) is 7.66. The summed E-state index contributed by atoms with van der Waals surface area (Å²) in [5.41, 5.74) is 10.4. The van der Waals surface area contributed by atoms with Gasteiger partial charge in [-0.1, -0.05) is 24.3 Å². The summed E-state index contributed by atoms with van der Waals surface area (Å²) in [4.78, 5) is 2.42. The summed E-state index contributed by atoms with van der Waals surface area (Å²) in [5.74, 6) is 1.00. The van der Waals surface area contributed by atoms with Gasteiger partial charge in [0.05, 0.1) is 6.26 Å². The fourth-order valence-corrected chi connectivity index (χ4v) is 3.44. The number of nitrogens with zero attached hydrogens (tertiary/aromatic N) is 1. The molecule has 1 aliphatic carbocycles. The van der Waals surface area contributed by atoms with Crippen LogP contribution in [-0.4, -0.2) is 24.0 Å². The van der Waals surface area contributed by atoms with Crippen molar-refractivity contribution in [2.24, 2.45) is 5.73 Å². The monoisotopic (exact) mass is 284 g/mol. The number of aryl methyl sites for hydroxylation is 2. The first-order valence-corrected chi connectivity index (χ1v) is 7.66. The zero-order valence-corrected chi connectivity index (χ0v) is 12.9. The normalized spacial score (nSPS) is 21.5. The molecule has 2 aromatic rings. The molecule has 0 amide bonds. The molecule has 0 spiro atoms. The van der Waals surface area contributed by atoms with Gasteiger partial charge >= 0.3 is 0 Å². The Balaban J connectivity index is 1.83. The van der Waals surface area contributed by atoms with Gasteiger partial charge in [-0.2, -0.15) is 0 Å². The second-order valence-electron chi connectivity index (χ2n) is 6.23. The van der Waals surface area contributed by atoms with Gasteiger partial charge in [-0.3, -0.25) is 4.90 Å². The molecule has 1 unspecified atom stereocenters. The summed E-state index contributed by atoms with van der Waals surface area (Å²) in [7, 11) is 2.19. The van der Waals surface area contributed by atoms with Gasteiger partial charge in [0.25, 0.3) is 0 Å². The third kappa shape index (κ3) is 2.63. The third-order valence-corrected chi connectivity index (χ3v) is 5.06. The fraction of sp³-hybridized carbons (Fsp3) is 0.444. The average molecular weight is 284 g/mol. The highest BCUT2D eigenvalue weighted by atomic mass is 16.3. The Labute approximate surface area is 126 Å². The van der Waals surface area contributed by atoms with Crippen LogP contribution in [0.4, 0.5) is 0 Å². The molecule has 1 aliphatic rings. The second kappa shape index (κ2) is 5.66. The van der Waals surface area contributed by atoms with Crippen molar-refractivity contribution in [1.29, 1.82) is 0 Å². The molecule has 1 heterocycles. The molecule has 2 N–H and O–H groups in total. The van der Waals surface area contributed by atoms with E-state index in [0.717, 1.165) is 31.6 Å². The first kappa shape index (κ1) is 14.4. The lowest BCUT2D eigenvalue weighted by atomic mass is 9.77. The highest BCUT2D eigenvalue weighted by Crippen LogP contribution is 2.33. The van der Waals surface area contributed by atoms with Gasteiger partial charge in [0.15, 0.2) is 0 Å². The van der Waals surface area contributed by atoms with Crippen LogP contribution in [0.2, 0.25) is 0 Å². The molecule has 3 rings (SSSR count). The number of benzene rings is 1. The highest BCUT2D eigenvalue weighted by Gasteiger charge is 2.36. The number of hydrogen-bond acceptors (Lipinski definition) is 3. The molecule has 0 saturated heterocycles. The molecule has 0 aliphatic heterocycles. The Hall–Kier alpha value is -1.58. The number of hydrogen-bond donors (Lipinski definition) is 1. The van der Waals surface area contributed by atoms with E-state index >= 15 is 0 Å². The van der Waals surface area contributed by atoms with E-state index in [1.54, 1.807) is 6.26 Å². The molecule has 21 heavy (non-hydrogen) atoms. The van der Waals surface area contributed by atoms with E-state index in [1.807, 2.05) is 6.92 Å². The van der Waals surface area contributed by atoms with Crippen molar-refractivity contribution in [1.82, 2.24) is 4.90 Å². The van der Waals surface area contributed by atoms with Crippen LogP contribution in [0.15, 0.2) is 41.0 Å². The van der Waals surface area contributed by atoms with Gasteiger partial charge in [-0.25, -0.2) is 0 Å². The standard InChI is InChI=1S/C18H24N2O/c1-14-17(8-10-21-14)12-20(2)18(13-19)9-7-15-5-3-4-6-16(15)11-18/h3-6,8,10H,7,9,11-13,19H2,1-2H3. The van der Waals surface area contributed by atoms with E-state index < -0.39 is 0 Å². The lowest BCUT2D eigenvalue weighted by Gasteiger charge is -2.44. The van der Waals surface area contributed by atoms with Gasteiger partial charge < -0.3 is 10.2 Å². The summed E-state index contributed by atoms with van der Waals surface area (Å²) in [6, 6.07) is 10.8. The molecule has 0 saturated carbocycles. The number of furan rings is 1. The summed E-state index contributed by atoms with van der Waals surface area (Å²) in [5, 5.41) is 0. The van der Waals surface area contributed by atoms with Crippen LogP contribution < -0.4 is 5.73 Å².